The van der Waals surface area contributed by atoms with E-state index in [1.54, 1.807) is 14.2 Å². The summed E-state index contributed by atoms with van der Waals surface area (Å²) in [6.07, 6.45) is 0.887. The van der Waals surface area contributed by atoms with Crippen molar-refractivity contribution in [2.24, 2.45) is 0 Å². The van der Waals surface area contributed by atoms with Gasteiger partial charge in [-0.25, -0.2) is 0 Å². The molecule has 0 saturated carbocycles. The number of nitrogens with one attached hydrogen (secondary N) is 1. The lowest BCUT2D eigenvalue weighted by Gasteiger charge is -2.12. The Hall–Kier alpha value is -2.24. The SMILES string of the molecule is CCOc1ccc(CNCc2cccc(OCCCOC)c2)cc1OC. The number of hydrogen-bond donors (Lipinski definition) is 1. The van der Waals surface area contributed by atoms with Gasteiger partial charge in [0, 0.05) is 33.2 Å². The summed E-state index contributed by atoms with van der Waals surface area (Å²) in [5.41, 5.74) is 2.34. The topological polar surface area (TPSA) is 49.0 Å². The molecule has 0 heterocycles. The third kappa shape index (κ3) is 6.58. The molecule has 1 N–H and O–H groups in total. The van der Waals surface area contributed by atoms with Gasteiger partial charge in [0.05, 0.1) is 20.3 Å². The zero-order valence-corrected chi connectivity index (χ0v) is 15.9. The Morgan fingerprint density at radius 3 is 2.38 bits per heavy atom. The molecule has 0 atom stereocenters. The molecular weight excluding hydrogens is 330 g/mol. The molecule has 5 nitrogen and oxygen atoms in total. The van der Waals surface area contributed by atoms with E-state index in [1.165, 1.54) is 5.56 Å². The first-order valence-electron chi connectivity index (χ1n) is 8.98. The number of rotatable bonds is 12. The lowest BCUT2D eigenvalue weighted by atomic mass is 10.1. The summed E-state index contributed by atoms with van der Waals surface area (Å²) in [6, 6.07) is 14.2. The van der Waals surface area contributed by atoms with Crippen LogP contribution >= 0.6 is 0 Å². The van der Waals surface area contributed by atoms with Crippen LogP contribution in [0.4, 0.5) is 0 Å². The van der Waals surface area contributed by atoms with Crippen molar-refractivity contribution in [2.45, 2.75) is 26.4 Å². The van der Waals surface area contributed by atoms with Gasteiger partial charge in [0.1, 0.15) is 5.75 Å². The Morgan fingerprint density at radius 1 is 0.846 bits per heavy atom. The molecule has 0 aromatic heterocycles. The van der Waals surface area contributed by atoms with E-state index in [0.29, 0.717) is 19.8 Å². The van der Waals surface area contributed by atoms with Crippen LogP contribution < -0.4 is 19.5 Å². The van der Waals surface area contributed by atoms with Crippen molar-refractivity contribution in [3.05, 3.63) is 53.6 Å². The maximum absolute atomic E-state index is 5.74. The second-order valence-corrected chi connectivity index (χ2v) is 5.86. The normalized spacial score (nSPS) is 10.6. The highest BCUT2D eigenvalue weighted by Gasteiger charge is 2.05. The maximum atomic E-state index is 5.74. The summed E-state index contributed by atoms with van der Waals surface area (Å²) in [5.74, 6) is 2.43. The third-order valence-electron chi connectivity index (χ3n) is 3.85. The minimum atomic E-state index is 0.623. The maximum Gasteiger partial charge on any atom is 0.161 e. The number of methoxy groups -OCH3 is 2. The number of benzene rings is 2. The Balaban J connectivity index is 1.83. The molecule has 26 heavy (non-hydrogen) atoms. The fourth-order valence-corrected chi connectivity index (χ4v) is 2.59. The summed E-state index contributed by atoms with van der Waals surface area (Å²) in [6.45, 7) is 5.48. The van der Waals surface area contributed by atoms with E-state index in [9.17, 15) is 0 Å². The molecule has 0 fully saturated rings. The third-order valence-corrected chi connectivity index (χ3v) is 3.85. The van der Waals surface area contributed by atoms with Gasteiger partial charge in [-0.3, -0.25) is 0 Å². The van der Waals surface area contributed by atoms with Crippen molar-refractivity contribution < 1.29 is 18.9 Å². The van der Waals surface area contributed by atoms with Gasteiger partial charge >= 0.3 is 0 Å². The predicted octanol–water partition coefficient (Wildman–Crippen LogP) is 3.80. The first-order chi connectivity index (χ1) is 12.8. The summed E-state index contributed by atoms with van der Waals surface area (Å²) in [5, 5.41) is 3.45. The summed E-state index contributed by atoms with van der Waals surface area (Å²) >= 11 is 0. The second kappa shape index (κ2) is 11.4. The van der Waals surface area contributed by atoms with Gasteiger partial charge in [-0.05, 0) is 42.3 Å². The van der Waals surface area contributed by atoms with E-state index in [4.69, 9.17) is 18.9 Å². The standard InChI is InChI=1S/C21H29NO4/c1-4-25-20-10-9-18(14-21(20)24-3)16-22-15-17-7-5-8-19(13-17)26-12-6-11-23-2/h5,7-10,13-14,22H,4,6,11-12,15-16H2,1-3H3. The number of ether oxygens (including phenoxy) is 4. The molecule has 0 bridgehead atoms. The van der Waals surface area contributed by atoms with E-state index in [-0.39, 0.29) is 0 Å². The van der Waals surface area contributed by atoms with Crippen LogP contribution in [-0.2, 0) is 17.8 Å². The fraction of sp³-hybridized carbons (Fsp3) is 0.429. The van der Waals surface area contributed by atoms with Gasteiger partial charge in [0.2, 0.25) is 0 Å². The predicted molar refractivity (Wildman–Crippen MR) is 103 cm³/mol. The van der Waals surface area contributed by atoms with Crippen LogP contribution in [0.15, 0.2) is 42.5 Å². The molecule has 0 spiro atoms. The molecule has 0 aliphatic rings. The molecule has 0 saturated heterocycles. The molecule has 0 radical (unpaired) electrons. The molecule has 2 aromatic carbocycles. The van der Waals surface area contributed by atoms with Gasteiger partial charge < -0.3 is 24.3 Å². The average molecular weight is 359 g/mol. The van der Waals surface area contributed by atoms with Gasteiger partial charge in [-0.2, -0.15) is 0 Å². The van der Waals surface area contributed by atoms with Crippen LogP contribution in [0.25, 0.3) is 0 Å². The lowest BCUT2D eigenvalue weighted by Crippen LogP contribution is -2.13. The Labute approximate surface area is 156 Å². The summed E-state index contributed by atoms with van der Waals surface area (Å²) < 4.78 is 21.7. The molecule has 0 unspecified atom stereocenters. The van der Waals surface area contributed by atoms with Crippen LogP contribution in [0.5, 0.6) is 17.2 Å². The molecule has 0 amide bonds. The average Bonchev–Trinajstić information content (AvgIpc) is 2.67. The van der Waals surface area contributed by atoms with Crippen molar-refractivity contribution in [2.75, 3.05) is 34.0 Å². The van der Waals surface area contributed by atoms with Crippen LogP contribution in [0.3, 0.4) is 0 Å². The van der Waals surface area contributed by atoms with Crippen LogP contribution in [-0.4, -0.2) is 34.0 Å². The van der Waals surface area contributed by atoms with Crippen molar-refractivity contribution >= 4 is 0 Å². The first kappa shape index (κ1) is 20.1. The zero-order valence-electron chi connectivity index (χ0n) is 15.9. The van der Waals surface area contributed by atoms with Gasteiger partial charge in [0.15, 0.2) is 11.5 Å². The van der Waals surface area contributed by atoms with Crippen LogP contribution in [0.1, 0.15) is 24.5 Å². The Bertz CT molecular complexity index is 660. The highest BCUT2D eigenvalue weighted by Crippen LogP contribution is 2.28. The van der Waals surface area contributed by atoms with E-state index >= 15 is 0 Å². The first-order valence-corrected chi connectivity index (χ1v) is 8.98. The molecule has 0 aliphatic heterocycles. The summed E-state index contributed by atoms with van der Waals surface area (Å²) in [7, 11) is 3.36. The number of hydrogen-bond acceptors (Lipinski definition) is 5. The fourth-order valence-electron chi connectivity index (χ4n) is 2.59. The smallest absolute Gasteiger partial charge is 0.161 e. The van der Waals surface area contributed by atoms with Gasteiger partial charge in [-0.15, -0.1) is 0 Å². The van der Waals surface area contributed by atoms with E-state index in [2.05, 4.69) is 23.5 Å². The Morgan fingerprint density at radius 2 is 1.65 bits per heavy atom. The highest BCUT2D eigenvalue weighted by molar-refractivity contribution is 5.43. The lowest BCUT2D eigenvalue weighted by molar-refractivity contribution is 0.172. The van der Waals surface area contributed by atoms with Crippen molar-refractivity contribution in [1.82, 2.24) is 5.32 Å². The van der Waals surface area contributed by atoms with Gasteiger partial charge in [0.25, 0.3) is 0 Å². The molecule has 2 aromatic rings. The molecule has 2 rings (SSSR count). The van der Waals surface area contributed by atoms with Crippen molar-refractivity contribution in [3.63, 3.8) is 0 Å². The highest BCUT2D eigenvalue weighted by atomic mass is 16.5. The quantitative estimate of drug-likeness (QED) is 0.584. The largest absolute Gasteiger partial charge is 0.493 e. The Kier molecular flexibility index (Phi) is 8.79. The van der Waals surface area contributed by atoms with E-state index in [0.717, 1.165) is 42.3 Å². The summed E-state index contributed by atoms with van der Waals surface area (Å²) in [4.78, 5) is 0. The molecule has 5 heteroatoms. The van der Waals surface area contributed by atoms with Crippen LogP contribution in [0.2, 0.25) is 0 Å². The molecule has 0 aliphatic carbocycles. The van der Waals surface area contributed by atoms with Crippen LogP contribution in [0, 0.1) is 0 Å². The molecule has 142 valence electrons. The van der Waals surface area contributed by atoms with E-state index < -0.39 is 0 Å². The zero-order chi connectivity index (χ0) is 18.6. The van der Waals surface area contributed by atoms with Crippen molar-refractivity contribution in [1.29, 1.82) is 0 Å². The van der Waals surface area contributed by atoms with Gasteiger partial charge in [-0.1, -0.05) is 18.2 Å². The minimum absolute atomic E-state index is 0.623. The monoisotopic (exact) mass is 359 g/mol. The van der Waals surface area contributed by atoms with Crippen molar-refractivity contribution in [3.8, 4) is 17.2 Å². The second-order valence-electron chi connectivity index (χ2n) is 5.86. The van der Waals surface area contributed by atoms with E-state index in [1.807, 2.05) is 31.2 Å². The molecular formula is C21H29NO4. The minimum Gasteiger partial charge on any atom is -0.493 e.